The van der Waals surface area contributed by atoms with Crippen molar-refractivity contribution in [2.45, 2.75) is 52.0 Å². The van der Waals surface area contributed by atoms with Crippen LogP contribution in [-0.4, -0.2) is 17.0 Å². The first-order valence-corrected chi connectivity index (χ1v) is 7.35. The van der Waals surface area contributed by atoms with Crippen LogP contribution in [0.3, 0.4) is 0 Å². The standard InChI is InChI=1S/C15H23N3O3/c1-3-4-5-6-8-12(2)16-15(19)17-13-9-7-10-14(11-13)18(20)21/h7,9-12H,3-6,8H2,1-2H3,(H2,16,17,19). The zero-order chi connectivity index (χ0) is 15.7. The zero-order valence-corrected chi connectivity index (χ0v) is 12.6. The Bertz CT molecular complexity index is 477. The number of unbranched alkanes of at least 4 members (excludes halogenated alkanes) is 3. The molecule has 1 rings (SSSR count). The molecule has 2 amide bonds. The summed E-state index contributed by atoms with van der Waals surface area (Å²) < 4.78 is 0. The second kappa shape index (κ2) is 8.94. The Morgan fingerprint density at radius 1 is 1.33 bits per heavy atom. The average molecular weight is 293 g/mol. The van der Waals surface area contributed by atoms with Gasteiger partial charge in [-0.1, -0.05) is 38.7 Å². The number of carbonyl (C=O) groups is 1. The minimum absolute atomic E-state index is 0.0413. The van der Waals surface area contributed by atoms with Gasteiger partial charge in [0.15, 0.2) is 0 Å². The highest BCUT2D eigenvalue weighted by molar-refractivity contribution is 5.89. The van der Waals surface area contributed by atoms with Gasteiger partial charge in [-0.2, -0.15) is 0 Å². The fraction of sp³-hybridized carbons (Fsp3) is 0.533. The van der Waals surface area contributed by atoms with E-state index in [0.717, 1.165) is 12.8 Å². The number of hydrogen-bond donors (Lipinski definition) is 2. The van der Waals surface area contributed by atoms with Crippen LogP contribution in [0.1, 0.15) is 46.0 Å². The Balaban J connectivity index is 2.39. The van der Waals surface area contributed by atoms with E-state index in [1.54, 1.807) is 12.1 Å². The molecule has 6 heteroatoms. The van der Waals surface area contributed by atoms with E-state index >= 15 is 0 Å². The van der Waals surface area contributed by atoms with Crippen LogP contribution in [0.25, 0.3) is 0 Å². The molecule has 0 aromatic heterocycles. The van der Waals surface area contributed by atoms with Crippen molar-refractivity contribution in [1.29, 1.82) is 0 Å². The molecule has 1 atom stereocenters. The van der Waals surface area contributed by atoms with Crippen molar-refractivity contribution < 1.29 is 9.72 Å². The summed E-state index contributed by atoms with van der Waals surface area (Å²) in [5.41, 5.74) is 0.375. The normalized spacial score (nSPS) is 11.7. The monoisotopic (exact) mass is 293 g/mol. The van der Waals surface area contributed by atoms with Crippen LogP contribution in [-0.2, 0) is 0 Å². The Hall–Kier alpha value is -2.11. The summed E-state index contributed by atoms with van der Waals surface area (Å²) in [6.45, 7) is 4.12. The summed E-state index contributed by atoms with van der Waals surface area (Å²) in [4.78, 5) is 22.0. The summed E-state index contributed by atoms with van der Waals surface area (Å²) in [5, 5.41) is 16.1. The van der Waals surface area contributed by atoms with Crippen molar-refractivity contribution in [2.75, 3.05) is 5.32 Å². The van der Waals surface area contributed by atoms with E-state index in [1.807, 2.05) is 6.92 Å². The minimum atomic E-state index is -0.487. The van der Waals surface area contributed by atoms with Gasteiger partial charge in [0, 0.05) is 23.9 Å². The molecule has 0 bridgehead atoms. The zero-order valence-electron chi connectivity index (χ0n) is 12.6. The molecule has 0 fully saturated rings. The number of rotatable bonds is 8. The predicted molar refractivity (Wildman–Crippen MR) is 83.5 cm³/mol. The summed E-state index contributed by atoms with van der Waals surface area (Å²) in [5.74, 6) is 0. The van der Waals surface area contributed by atoms with Crippen LogP contribution in [0.5, 0.6) is 0 Å². The second-order valence-corrected chi connectivity index (χ2v) is 5.16. The SMILES string of the molecule is CCCCCCC(C)NC(=O)Nc1cccc([N+](=O)[O-])c1. The van der Waals surface area contributed by atoms with Crippen molar-refractivity contribution in [2.24, 2.45) is 0 Å². The highest BCUT2D eigenvalue weighted by atomic mass is 16.6. The van der Waals surface area contributed by atoms with Crippen molar-refractivity contribution in [3.05, 3.63) is 34.4 Å². The average Bonchev–Trinajstić information content (AvgIpc) is 2.43. The molecule has 2 N–H and O–H groups in total. The first kappa shape index (κ1) is 16.9. The van der Waals surface area contributed by atoms with Crippen LogP contribution in [0, 0.1) is 10.1 Å². The lowest BCUT2D eigenvalue weighted by molar-refractivity contribution is -0.384. The molecule has 116 valence electrons. The number of hydrogen-bond acceptors (Lipinski definition) is 3. The molecule has 1 unspecified atom stereocenters. The van der Waals surface area contributed by atoms with Crippen LogP contribution in [0.15, 0.2) is 24.3 Å². The number of nitrogens with one attached hydrogen (secondary N) is 2. The lowest BCUT2D eigenvalue weighted by Gasteiger charge is -2.14. The van der Waals surface area contributed by atoms with Crippen LogP contribution >= 0.6 is 0 Å². The fourth-order valence-corrected chi connectivity index (χ4v) is 2.04. The van der Waals surface area contributed by atoms with Gasteiger partial charge in [0.05, 0.1) is 4.92 Å². The Morgan fingerprint density at radius 2 is 2.10 bits per heavy atom. The van der Waals surface area contributed by atoms with Crippen molar-refractivity contribution >= 4 is 17.4 Å². The highest BCUT2D eigenvalue weighted by Crippen LogP contribution is 2.16. The predicted octanol–water partition coefficient (Wildman–Crippen LogP) is 4.08. The van der Waals surface area contributed by atoms with E-state index < -0.39 is 4.92 Å². The van der Waals surface area contributed by atoms with Gasteiger partial charge in [-0.05, 0) is 19.4 Å². The van der Waals surface area contributed by atoms with E-state index in [1.165, 1.54) is 31.4 Å². The molecule has 0 spiro atoms. The highest BCUT2D eigenvalue weighted by Gasteiger charge is 2.10. The maximum atomic E-state index is 11.8. The van der Waals surface area contributed by atoms with Gasteiger partial charge < -0.3 is 10.6 Å². The minimum Gasteiger partial charge on any atom is -0.335 e. The third-order valence-electron chi connectivity index (χ3n) is 3.18. The lowest BCUT2D eigenvalue weighted by Crippen LogP contribution is -2.36. The maximum absolute atomic E-state index is 11.8. The number of nitrogens with zero attached hydrogens (tertiary/aromatic N) is 1. The van der Waals surface area contributed by atoms with Gasteiger partial charge in [-0.3, -0.25) is 10.1 Å². The number of urea groups is 1. The van der Waals surface area contributed by atoms with Gasteiger partial charge in [-0.25, -0.2) is 4.79 Å². The molecule has 6 nitrogen and oxygen atoms in total. The van der Waals surface area contributed by atoms with E-state index in [9.17, 15) is 14.9 Å². The lowest BCUT2D eigenvalue weighted by atomic mass is 10.1. The van der Waals surface area contributed by atoms with Crippen LogP contribution in [0.4, 0.5) is 16.2 Å². The van der Waals surface area contributed by atoms with Gasteiger partial charge in [0.2, 0.25) is 0 Å². The molecular weight excluding hydrogens is 270 g/mol. The van der Waals surface area contributed by atoms with Gasteiger partial charge in [0.25, 0.3) is 5.69 Å². The number of nitro benzene ring substituents is 1. The van der Waals surface area contributed by atoms with Crippen molar-refractivity contribution in [3.8, 4) is 0 Å². The Morgan fingerprint density at radius 3 is 2.76 bits per heavy atom. The van der Waals surface area contributed by atoms with Gasteiger partial charge in [-0.15, -0.1) is 0 Å². The third kappa shape index (κ3) is 6.74. The molecule has 0 heterocycles. The summed E-state index contributed by atoms with van der Waals surface area (Å²) in [6, 6.07) is 5.64. The van der Waals surface area contributed by atoms with E-state index in [0.29, 0.717) is 5.69 Å². The number of benzene rings is 1. The van der Waals surface area contributed by atoms with E-state index in [2.05, 4.69) is 17.6 Å². The first-order chi connectivity index (χ1) is 10.0. The molecule has 0 radical (unpaired) electrons. The number of amides is 2. The van der Waals surface area contributed by atoms with Gasteiger partial charge in [0.1, 0.15) is 0 Å². The Kier molecular flexibility index (Phi) is 7.21. The maximum Gasteiger partial charge on any atom is 0.319 e. The largest absolute Gasteiger partial charge is 0.335 e. The van der Waals surface area contributed by atoms with Crippen LogP contribution in [0.2, 0.25) is 0 Å². The third-order valence-corrected chi connectivity index (χ3v) is 3.18. The quantitative estimate of drug-likeness (QED) is 0.430. The van der Waals surface area contributed by atoms with Crippen molar-refractivity contribution in [3.63, 3.8) is 0 Å². The molecule has 1 aromatic carbocycles. The molecule has 0 aliphatic rings. The van der Waals surface area contributed by atoms with E-state index in [-0.39, 0.29) is 17.8 Å². The topological polar surface area (TPSA) is 84.3 Å². The fourth-order valence-electron chi connectivity index (χ4n) is 2.04. The second-order valence-electron chi connectivity index (χ2n) is 5.16. The smallest absolute Gasteiger partial charge is 0.319 e. The molecule has 21 heavy (non-hydrogen) atoms. The molecule has 0 saturated heterocycles. The number of anilines is 1. The first-order valence-electron chi connectivity index (χ1n) is 7.35. The van der Waals surface area contributed by atoms with Crippen LogP contribution < -0.4 is 10.6 Å². The number of carbonyl (C=O) groups excluding carboxylic acids is 1. The molecule has 0 saturated carbocycles. The van der Waals surface area contributed by atoms with E-state index in [4.69, 9.17) is 0 Å². The molecule has 1 aromatic rings. The molecule has 0 aliphatic carbocycles. The summed E-state index contributed by atoms with van der Waals surface area (Å²) >= 11 is 0. The van der Waals surface area contributed by atoms with Crippen molar-refractivity contribution in [1.82, 2.24) is 5.32 Å². The number of nitro groups is 1. The summed E-state index contributed by atoms with van der Waals surface area (Å²) in [6.07, 6.45) is 5.60. The Labute approximate surface area is 125 Å². The molecule has 0 aliphatic heterocycles. The van der Waals surface area contributed by atoms with Gasteiger partial charge >= 0.3 is 6.03 Å². The molecular formula is C15H23N3O3. The summed E-state index contributed by atoms with van der Waals surface area (Å²) in [7, 11) is 0. The number of non-ortho nitro benzene ring substituents is 1.